The van der Waals surface area contributed by atoms with E-state index in [0.717, 1.165) is 35.4 Å². The third kappa shape index (κ3) is 3.52. The third-order valence-electron chi connectivity index (χ3n) is 6.85. The highest BCUT2D eigenvalue weighted by Crippen LogP contribution is 2.63. The fraction of sp³-hybridized carbons (Fsp3) is 0.480. The largest absolute Gasteiger partial charge is 0.468 e. The van der Waals surface area contributed by atoms with Gasteiger partial charge in [-0.25, -0.2) is 13.9 Å². The fourth-order valence-electron chi connectivity index (χ4n) is 5.28. The van der Waals surface area contributed by atoms with Crippen LogP contribution in [0.15, 0.2) is 36.0 Å². The number of aromatic nitrogens is 2. The molecule has 5 rings (SSSR count). The number of ether oxygens (including phenoxy) is 2. The van der Waals surface area contributed by atoms with Crippen LogP contribution >= 0.6 is 0 Å². The molecule has 0 bridgehead atoms. The number of hydrogen-bond donors (Lipinski definition) is 0. The molecule has 7 nitrogen and oxygen atoms in total. The Morgan fingerprint density at radius 1 is 1.12 bits per heavy atom. The monoisotopic (exact) mass is 453 g/mol. The van der Waals surface area contributed by atoms with E-state index in [2.05, 4.69) is 5.10 Å². The Morgan fingerprint density at radius 2 is 1.82 bits per heavy atom. The Balaban J connectivity index is 1.59. The van der Waals surface area contributed by atoms with Crippen LogP contribution in [0, 0.1) is 16.6 Å². The maximum Gasteiger partial charge on any atom is 0.410 e. The lowest BCUT2D eigenvalue weighted by Gasteiger charge is -2.48. The Hall–Kier alpha value is -3.16. The zero-order valence-corrected chi connectivity index (χ0v) is 19.4. The lowest BCUT2D eigenvalue weighted by molar-refractivity contribution is -0.153. The quantitative estimate of drug-likeness (QED) is 0.639. The van der Waals surface area contributed by atoms with Crippen molar-refractivity contribution in [3.63, 3.8) is 0 Å². The van der Waals surface area contributed by atoms with Crippen molar-refractivity contribution in [1.29, 1.82) is 0 Å². The summed E-state index contributed by atoms with van der Waals surface area (Å²) in [5.41, 5.74) is 1.62. The Kier molecular flexibility index (Phi) is 4.71. The van der Waals surface area contributed by atoms with E-state index in [1.165, 1.54) is 19.2 Å². The van der Waals surface area contributed by atoms with Gasteiger partial charge in [-0.3, -0.25) is 4.79 Å². The van der Waals surface area contributed by atoms with Gasteiger partial charge in [0.25, 0.3) is 0 Å². The lowest BCUT2D eigenvalue weighted by atomic mass is 9.63. The number of rotatable bonds is 2. The minimum Gasteiger partial charge on any atom is -0.468 e. The van der Waals surface area contributed by atoms with Gasteiger partial charge in [0.1, 0.15) is 16.8 Å². The molecular formula is C25H28FN3O4. The van der Waals surface area contributed by atoms with Gasteiger partial charge < -0.3 is 14.4 Å². The summed E-state index contributed by atoms with van der Waals surface area (Å²) in [6, 6.07) is 6.17. The molecule has 3 aliphatic rings. The zero-order valence-electron chi connectivity index (χ0n) is 19.4. The molecule has 1 atom stereocenters. The smallest absolute Gasteiger partial charge is 0.410 e. The predicted octanol–water partition coefficient (Wildman–Crippen LogP) is 4.14. The molecule has 0 radical (unpaired) electrons. The van der Waals surface area contributed by atoms with Crippen LogP contribution in [0.3, 0.4) is 0 Å². The number of methoxy groups -OCH3 is 1. The van der Waals surface area contributed by atoms with E-state index < -0.39 is 17.1 Å². The first-order valence-electron chi connectivity index (χ1n) is 11.2. The summed E-state index contributed by atoms with van der Waals surface area (Å²) in [6.45, 7) is 6.20. The number of esters is 1. The molecule has 2 aliphatic carbocycles. The second-order valence-corrected chi connectivity index (χ2v) is 10.4. The first-order valence-corrected chi connectivity index (χ1v) is 11.2. The third-order valence-corrected chi connectivity index (χ3v) is 6.85. The summed E-state index contributed by atoms with van der Waals surface area (Å²) in [5.74, 6) is -0.664. The topological polar surface area (TPSA) is 73.7 Å². The number of carbonyl (C=O) groups is 2. The second kappa shape index (κ2) is 7.17. The second-order valence-electron chi connectivity index (χ2n) is 10.4. The van der Waals surface area contributed by atoms with Gasteiger partial charge in [-0.05, 0) is 81.5 Å². The van der Waals surface area contributed by atoms with Crippen molar-refractivity contribution in [3.8, 4) is 5.69 Å². The molecule has 0 N–H and O–H groups in total. The minimum absolute atomic E-state index is 0.198. The summed E-state index contributed by atoms with van der Waals surface area (Å²) in [4.78, 5) is 28.0. The summed E-state index contributed by atoms with van der Waals surface area (Å²) < 4.78 is 26.2. The van der Waals surface area contributed by atoms with E-state index in [-0.39, 0.29) is 23.7 Å². The van der Waals surface area contributed by atoms with Gasteiger partial charge in [-0.1, -0.05) is 0 Å². The highest BCUT2D eigenvalue weighted by molar-refractivity contribution is 5.88. The first kappa shape index (κ1) is 21.7. The van der Waals surface area contributed by atoms with Crippen molar-refractivity contribution in [2.45, 2.75) is 45.6 Å². The van der Waals surface area contributed by atoms with Crippen molar-refractivity contribution in [2.75, 3.05) is 20.2 Å². The van der Waals surface area contributed by atoms with Crippen LogP contribution in [0.4, 0.5) is 9.18 Å². The highest BCUT2D eigenvalue weighted by atomic mass is 19.1. The van der Waals surface area contributed by atoms with Crippen molar-refractivity contribution < 1.29 is 23.5 Å². The van der Waals surface area contributed by atoms with Gasteiger partial charge in [0, 0.05) is 18.5 Å². The van der Waals surface area contributed by atoms with Crippen molar-refractivity contribution in [2.24, 2.45) is 10.8 Å². The lowest BCUT2D eigenvalue weighted by Crippen LogP contribution is -2.58. The molecule has 1 aromatic heterocycles. The van der Waals surface area contributed by atoms with Crippen LogP contribution in [0.1, 0.15) is 44.9 Å². The summed E-state index contributed by atoms with van der Waals surface area (Å²) in [5, 5.41) is 4.53. The standard InChI is InChI=1S/C25H28FN3O4/c1-23(2,3)33-22(31)28-14-24(9-10-24)20-11-19-16(12-25(20,15-28)21(30)32-4)13-27-29(19)18-7-5-17(26)6-8-18/h5-8,11,13H,9-10,12,14-15H2,1-4H3. The van der Waals surface area contributed by atoms with E-state index in [1.807, 2.05) is 26.8 Å². The van der Waals surface area contributed by atoms with Crippen LogP contribution in [0.2, 0.25) is 0 Å². The van der Waals surface area contributed by atoms with E-state index >= 15 is 0 Å². The average molecular weight is 454 g/mol. The number of amides is 1. The van der Waals surface area contributed by atoms with E-state index in [0.29, 0.717) is 13.0 Å². The number of fused-ring (bicyclic) bond motifs is 3. The molecule has 174 valence electrons. The molecule has 1 aliphatic heterocycles. The minimum atomic E-state index is -0.982. The summed E-state index contributed by atoms with van der Waals surface area (Å²) >= 11 is 0. The molecule has 1 amide bonds. The SMILES string of the molecule is COC(=O)C12Cc3cnn(-c4ccc(F)cc4)c3C=C1C1(CC1)CN(C(=O)OC(C)(C)C)C2. The normalized spacial score (nSPS) is 22.8. The van der Waals surface area contributed by atoms with Crippen LogP contribution in [0.5, 0.6) is 0 Å². The number of likely N-dealkylation sites (tertiary alicyclic amines) is 1. The van der Waals surface area contributed by atoms with Crippen LogP contribution in [-0.4, -0.2) is 52.5 Å². The zero-order chi connectivity index (χ0) is 23.6. The highest BCUT2D eigenvalue weighted by Gasteiger charge is 2.63. The molecule has 1 saturated heterocycles. The maximum atomic E-state index is 13.4. The van der Waals surface area contributed by atoms with Gasteiger partial charge in [0.05, 0.1) is 24.7 Å². The van der Waals surface area contributed by atoms with E-state index in [4.69, 9.17) is 9.47 Å². The summed E-state index contributed by atoms with van der Waals surface area (Å²) in [6.07, 6.45) is 5.52. The van der Waals surface area contributed by atoms with Gasteiger partial charge in [0.2, 0.25) is 0 Å². The molecular weight excluding hydrogens is 425 g/mol. The number of hydrogen-bond acceptors (Lipinski definition) is 5. The van der Waals surface area contributed by atoms with Gasteiger partial charge in [-0.2, -0.15) is 5.10 Å². The molecule has 33 heavy (non-hydrogen) atoms. The Labute approximate surface area is 192 Å². The maximum absolute atomic E-state index is 13.4. The van der Waals surface area contributed by atoms with Crippen molar-refractivity contribution in [1.82, 2.24) is 14.7 Å². The van der Waals surface area contributed by atoms with Crippen LogP contribution in [-0.2, 0) is 20.7 Å². The number of piperidine rings is 1. The van der Waals surface area contributed by atoms with Gasteiger partial charge >= 0.3 is 12.1 Å². The molecule has 2 aromatic rings. The molecule has 2 fully saturated rings. The fourth-order valence-corrected chi connectivity index (χ4v) is 5.28. The molecule has 1 saturated carbocycles. The number of carbonyl (C=O) groups excluding carboxylic acids is 2. The number of nitrogens with zero attached hydrogens (tertiary/aromatic N) is 3. The number of halogens is 1. The summed E-state index contributed by atoms with van der Waals surface area (Å²) in [7, 11) is 1.39. The Bertz CT molecular complexity index is 1160. The van der Waals surface area contributed by atoms with E-state index in [9.17, 15) is 14.0 Å². The average Bonchev–Trinajstić information content (AvgIpc) is 3.41. The molecule has 1 spiro atoms. The van der Waals surface area contributed by atoms with Crippen molar-refractivity contribution >= 4 is 18.1 Å². The Morgan fingerprint density at radius 3 is 2.42 bits per heavy atom. The molecule has 1 aromatic carbocycles. The van der Waals surface area contributed by atoms with Crippen LogP contribution < -0.4 is 0 Å². The molecule has 1 unspecified atom stereocenters. The van der Waals surface area contributed by atoms with Crippen molar-refractivity contribution in [3.05, 3.63) is 53.1 Å². The van der Waals surface area contributed by atoms with E-state index in [1.54, 1.807) is 27.9 Å². The predicted molar refractivity (Wildman–Crippen MR) is 119 cm³/mol. The number of benzene rings is 1. The van der Waals surface area contributed by atoms with Crippen LogP contribution in [0.25, 0.3) is 11.8 Å². The molecule has 8 heteroatoms. The molecule has 2 heterocycles. The first-order chi connectivity index (χ1) is 15.6. The van der Waals surface area contributed by atoms with Gasteiger partial charge in [0.15, 0.2) is 0 Å². The van der Waals surface area contributed by atoms with Gasteiger partial charge in [-0.15, -0.1) is 0 Å².